The van der Waals surface area contributed by atoms with Crippen molar-refractivity contribution in [3.8, 4) is 5.75 Å². The molecule has 0 aromatic heterocycles. The van der Waals surface area contributed by atoms with E-state index in [9.17, 15) is 4.79 Å². The molecule has 94 valence electrons. The number of ether oxygens (including phenoxy) is 1. The summed E-state index contributed by atoms with van der Waals surface area (Å²) >= 11 is 0. The van der Waals surface area contributed by atoms with E-state index in [0.717, 1.165) is 17.7 Å². The zero-order valence-electron chi connectivity index (χ0n) is 10.3. The molecule has 0 aliphatic carbocycles. The van der Waals surface area contributed by atoms with E-state index in [1.54, 1.807) is 0 Å². The lowest BCUT2D eigenvalue weighted by atomic mass is 10.1. The van der Waals surface area contributed by atoms with Gasteiger partial charge in [-0.05, 0) is 37.5 Å². The van der Waals surface area contributed by atoms with Gasteiger partial charge in [0.1, 0.15) is 5.75 Å². The highest BCUT2D eigenvalue weighted by Gasteiger charge is 2.03. The van der Waals surface area contributed by atoms with Crippen molar-refractivity contribution in [1.29, 1.82) is 0 Å². The van der Waals surface area contributed by atoms with Gasteiger partial charge in [-0.2, -0.15) is 5.90 Å². The molecule has 0 aliphatic rings. The standard InChI is InChI=1S/C13H19NO3/c1-3-10(2)16-12-7-4-11(5-8-12)6-9-13(15)17-14/h4-5,7-8,10H,3,6,9,14H2,1-2H3. The number of carbonyl (C=O) groups excluding carboxylic acids is 1. The highest BCUT2D eigenvalue weighted by molar-refractivity contribution is 5.69. The predicted octanol–water partition coefficient (Wildman–Crippen LogP) is 2.21. The second kappa shape index (κ2) is 6.91. The summed E-state index contributed by atoms with van der Waals surface area (Å²) in [5.74, 6) is 5.21. The van der Waals surface area contributed by atoms with Crippen LogP contribution in [-0.2, 0) is 16.1 Å². The molecule has 1 aromatic carbocycles. The third-order valence-electron chi connectivity index (χ3n) is 2.58. The smallest absolute Gasteiger partial charge is 0.324 e. The molecule has 1 aromatic rings. The molecule has 0 heterocycles. The molecule has 0 saturated heterocycles. The summed E-state index contributed by atoms with van der Waals surface area (Å²) in [5.41, 5.74) is 1.06. The fourth-order valence-corrected chi connectivity index (χ4v) is 1.36. The number of hydrogen-bond acceptors (Lipinski definition) is 4. The van der Waals surface area contributed by atoms with E-state index < -0.39 is 5.97 Å². The summed E-state index contributed by atoms with van der Waals surface area (Å²) in [7, 11) is 0. The van der Waals surface area contributed by atoms with E-state index in [4.69, 9.17) is 10.6 Å². The molecule has 0 bridgehead atoms. The van der Waals surface area contributed by atoms with Crippen LogP contribution in [0.1, 0.15) is 32.3 Å². The molecule has 0 saturated carbocycles. The molecule has 2 N–H and O–H groups in total. The van der Waals surface area contributed by atoms with Crippen LogP contribution >= 0.6 is 0 Å². The monoisotopic (exact) mass is 237 g/mol. The molecule has 0 fully saturated rings. The van der Waals surface area contributed by atoms with Crippen molar-refractivity contribution in [1.82, 2.24) is 0 Å². The maximum Gasteiger partial charge on any atom is 0.324 e. The molecular formula is C13H19NO3. The van der Waals surface area contributed by atoms with Gasteiger partial charge in [0, 0.05) is 0 Å². The summed E-state index contributed by atoms with van der Waals surface area (Å²) in [5, 5.41) is 0. The van der Waals surface area contributed by atoms with Crippen LogP contribution in [0.3, 0.4) is 0 Å². The van der Waals surface area contributed by atoms with Gasteiger partial charge in [0.25, 0.3) is 0 Å². The zero-order valence-corrected chi connectivity index (χ0v) is 10.3. The summed E-state index contributed by atoms with van der Waals surface area (Å²) < 4.78 is 5.65. The fraction of sp³-hybridized carbons (Fsp3) is 0.462. The van der Waals surface area contributed by atoms with Crippen molar-refractivity contribution in [2.45, 2.75) is 39.2 Å². The first kappa shape index (κ1) is 13.5. The number of benzene rings is 1. The van der Waals surface area contributed by atoms with Crippen LogP contribution in [0.15, 0.2) is 24.3 Å². The van der Waals surface area contributed by atoms with Gasteiger partial charge in [0.2, 0.25) is 0 Å². The summed E-state index contributed by atoms with van der Waals surface area (Å²) in [4.78, 5) is 15.0. The Morgan fingerprint density at radius 2 is 2.00 bits per heavy atom. The number of aryl methyl sites for hydroxylation is 1. The van der Waals surface area contributed by atoms with Crippen LogP contribution in [-0.4, -0.2) is 12.1 Å². The van der Waals surface area contributed by atoms with Crippen molar-refractivity contribution in [2.75, 3.05) is 0 Å². The van der Waals surface area contributed by atoms with Gasteiger partial charge < -0.3 is 9.57 Å². The molecule has 0 aliphatic heterocycles. The Labute approximate surface area is 102 Å². The molecule has 17 heavy (non-hydrogen) atoms. The number of hydrogen-bond donors (Lipinski definition) is 1. The van der Waals surface area contributed by atoms with Crippen molar-refractivity contribution in [3.05, 3.63) is 29.8 Å². The fourth-order valence-electron chi connectivity index (χ4n) is 1.36. The van der Waals surface area contributed by atoms with Gasteiger partial charge in [0.15, 0.2) is 0 Å². The van der Waals surface area contributed by atoms with Crippen LogP contribution in [0.4, 0.5) is 0 Å². The second-order valence-corrected chi connectivity index (χ2v) is 3.97. The first-order valence-corrected chi connectivity index (χ1v) is 5.80. The molecule has 0 radical (unpaired) electrons. The molecule has 4 heteroatoms. The Morgan fingerprint density at radius 1 is 1.35 bits per heavy atom. The minimum absolute atomic E-state index is 0.216. The molecular weight excluding hydrogens is 218 g/mol. The Balaban J connectivity index is 2.47. The zero-order chi connectivity index (χ0) is 12.7. The van der Waals surface area contributed by atoms with E-state index in [2.05, 4.69) is 11.8 Å². The topological polar surface area (TPSA) is 61.5 Å². The lowest BCUT2D eigenvalue weighted by Gasteiger charge is -2.12. The normalized spacial score (nSPS) is 11.9. The minimum atomic E-state index is -0.398. The van der Waals surface area contributed by atoms with E-state index in [1.165, 1.54) is 0 Å². The molecule has 4 nitrogen and oxygen atoms in total. The minimum Gasteiger partial charge on any atom is -0.491 e. The largest absolute Gasteiger partial charge is 0.491 e. The van der Waals surface area contributed by atoms with Crippen molar-refractivity contribution < 1.29 is 14.4 Å². The van der Waals surface area contributed by atoms with Gasteiger partial charge in [0.05, 0.1) is 12.5 Å². The second-order valence-electron chi connectivity index (χ2n) is 3.97. The first-order chi connectivity index (χ1) is 8.15. The van der Waals surface area contributed by atoms with Crippen molar-refractivity contribution >= 4 is 5.97 Å². The van der Waals surface area contributed by atoms with Gasteiger partial charge in [-0.25, -0.2) is 0 Å². The Bertz CT molecular complexity index is 348. The molecule has 0 spiro atoms. The van der Waals surface area contributed by atoms with E-state index >= 15 is 0 Å². The average molecular weight is 237 g/mol. The van der Waals surface area contributed by atoms with Crippen molar-refractivity contribution in [3.63, 3.8) is 0 Å². The molecule has 1 unspecified atom stereocenters. The van der Waals surface area contributed by atoms with Gasteiger partial charge >= 0.3 is 5.97 Å². The Kier molecular flexibility index (Phi) is 5.49. The predicted molar refractivity (Wildman–Crippen MR) is 65.4 cm³/mol. The van der Waals surface area contributed by atoms with E-state index in [-0.39, 0.29) is 6.10 Å². The van der Waals surface area contributed by atoms with E-state index in [0.29, 0.717) is 12.8 Å². The van der Waals surface area contributed by atoms with Crippen LogP contribution in [0.5, 0.6) is 5.75 Å². The Morgan fingerprint density at radius 3 is 2.53 bits per heavy atom. The maximum absolute atomic E-state index is 10.9. The summed E-state index contributed by atoms with van der Waals surface area (Å²) in [6, 6.07) is 7.72. The van der Waals surface area contributed by atoms with Crippen LogP contribution in [0, 0.1) is 0 Å². The third kappa shape index (κ3) is 4.87. The SMILES string of the molecule is CCC(C)Oc1ccc(CCC(=O)ON)cc1. The summed E-state index contributed by atoms with van der Waals surface area (Å²) in [6.07, 6.45) is 2.11. The third-order valence-corrected chi connectivity index (χ3v) is 2.58. The quantitative estimate of drug-likeness (QED) is 0.770. The number of rotatable bonds is 6. The maximum atomic E-state index is 10.9. The highest BCUT2D eigenvalue weighted by Crippen LogP contribution is 2.15. The van der Waals surface area contributed by atoms with Crippen molar-refractivity contribution in [2.24, 2.45) is 5.90 Å². The number of nitrogens with two attached hydrogens (primary N) is 1. The average Bonchev–Trinajstić information content (AvgIpc) is 2.37. The highest BCUT2D eigenvalue weighted by atomic mass is 16.7. The molecule has 1 atom stereocenters. The van der Waals surface area contributed by atoms with Gasteiger partial charge in [-0.3, -0.25) is 4.79 Å². The lowest BCUT2D eigenvalue weighted by molar-refractivity contribution is -0.144. The number of carbonyl (C=O) groups is 1. The van der Waals surface area contributed by atoms with Crippen LogP contribution in [0.2, 0.25) is 0 Å². The molecule has 1 rings (SSSR count). The first-order valence-electron chi connectivity index (χ1n) is 5.80. The Hall–Kier alpha value is -1.55. The van der Waals surface area contributed by atoms with Crippen LogP contribution in [0.25, 0.3) is 0 Å². The van der Waals surface area contributed by atoms with Gasteiger partial charge in [-0.15, -0.1) is 0 Å². The van der Waals surface area contributed by atoms with Gasteiger partial charge in [-0.1, -0.05) is 19.1 Å². The van der Waals surface area contributed by atoms with Crippen LogP contribution < -0.4 is 10.6 Å². The van der Waals surface area contributed by atoms with E-state index in [1.807, 2.05) is 31.2 Å². The summed E-state index contributed by atoms with van der Waals surface area (Å²) in [6.45, 7) is 4.11. The lowest BCUT2D eigenvalue weighted by Crippen LogP contribution is -2.10. The molecule has 0 amide bonds.